The van der Waals surface area contributed by atoms with Crippen molar-refractivity contribution in [2.45, 2.75) is 24.5 Å². The van der Waals surface area contributed by atoms with E-state index in [1.165, 1.54) is 13.0 Å². The third-order valence-corrected chi connectivity index (χ3v) is 5.44. The maximum Gasteiger partial charge on any atom is 0.346 e. The molecule has 7 nitrogen and oxygen atoms in total. The summed E-state index contributed by atoms with van der Waals surface area (Å²) in [7, 11) is -3.81. The van der Waals surface area contributed by atoms with Crippen molar-refractivity contribution in [2.24, 2.45) is 0 Å². The fourth-order valence-electron chi connectivity index (χ4n) is 1.39. The van der Waals surface area contributed by atoms with Gasteiger partial charge in [-0.2, -0.15) is 0 Å². The molecule has 0 aliphatic carbocycles. The van der Waals surface area contributed by atoms with Gasteiger partial charge in [0.15, 0.2) is 0 Å². The predicted octanol–water partition coefficient (Wildman–Crippen LogP) is 0.986. The fraction of sp³-hybridized carbons (Fsp3) is 0.455. The number of hydrogen-bond acceptors (Lipinski definition) is 6. The number of aryl methyl sites for hydroxylation is 1. The second-order valence-corrected chi connectivity index (χ2v) is 6.88. The second-order valence-electron chi connectivity index (χ2n) is 3.84. The van der Waals surface area contributed by atoms with Gasteiger partial charge in [0, 0.05) is 6.54 Å². The molecule has 112 valence electrons. The van der Waals surface area contributed by atoms with E-state index in [0.29, 0.717) is 16.9 Å². The van der Waals surface area contributed by atoms with Gasteiger partial charge in [0.2, 0.25) is 10.0 Å². The standard InChI is InChI=1S/C11H15NO6S2/c1-3-18-8(13)4-5-12-20(16,17)9-6-7(2)10(19-9)11(14)15/h6,12H,3-5H2,1-2H3,(H,14,15). The number of carbonyl (C=O) groups excluding carboxylic acids is 1. The van der Waals surface area contributed by atoms with Gasteiger partial charge >= 0.3 is 11.9 Å². The van der Waals surface area contributed by atoms with E-state index in [1.54, 1.807) is 6.92 Å². The first-order valence-electron chi connectivity index (χ1n) is 5.77. The molecule has 1 rings (SSSR count). The number of esters is 1. The largest absolute Gasteiger partial charge is 0.477 e. The molecule has 0 radical (unpaired) electrons. The first-order valence-corrected chi connectivity index (χ1v) is 8.07. The number of ether oxygens (including phenoxy) is 1. The molecule has 0 atom stereocenters. The molecule has 0 saturated carbocycles. The summed E-state index contributed by atoms with van der Waals surface area (Å²) >= 11 is 0.677. The Morgan fingerprint density at radius 1 is 1.45 bits per heavy atom. The molecule has 20 heavy (non-hydrogen) atoms. The van der Waals surface area contributed by atoms with Gasteiger partial charge in [-0.25, -0.2) is 17.9 Å². The number of carbonyl (C=O) groups is 2. The van der Waals surface area contributed by atoms with E-state index in [9.17, 15) is 18.0 Å². The van der Waals surface area contributed by atoms with Crippen LogP contribution < -0.4 is 4.72 Å². The topological polar surface area (TPSA) is 110 Å². The number of rotatable bonds is 7. The summed E-state index contributed by atoms with van der Waals surface area (Å²) in [6, 6.07) is 1.29. The number of carboxylic acid groups (broad SMARTS) is 1. The third-order valence-electron chi connectivity index (χ3n) is 2.28. The van der Waals surface area contributed by atoms with Crippen LogP contribution in [0.5, 0.6) is 0 Å². The molecular formula is C11H15NO6S2. The summed E-state index contributed by atoms with van der Waals surface area (Å²) in [5, 5.41) is 8.89. The average Bonchev–Trinajstić information content (AvgIpc) is 2.72. The predicted molar refractivity (Wildman–Crippen MR) is 72.5 cm³/mol. The summed E-state index contributed by atoms with van der Waals surface area (Å²) in [6.07, 6.45) is -0.0801. The maximum atomic E-state index is 11.9. The van der Waals surface area contributed by atoms with Gasteiger partial charge in [-0.15, -0.1) is 11.3 Å². The number of carboxylic acids is 1. The summed E-state index contributed by atoms with van der Waals surface area (Å²) in [4.78, 5) is 21.9. The van der Waals surface area contributed by atoms with E-state index in [0.717, 1.165) is 0 Å². The Labute approximate surface area is 120 Å². The van der Waals surface area contributed by atoms with E-state index < -0.39 is 22.0 Å². The minimum absolute atomic E-state index is 0.0178. The lowest BCUT2D eigenvalue weighted by Crippen LogP contribution is -2.26. The molecule has 0 aromatic carbocycles. The Kier molecular flexibility index (Phi) is 5.66. The molecule has 1 heterocycles. The highest BCUT2D eigenvalue weighted by atomic mass is 32.2. The Morgan fingerprint density at radius 3 is 2.60 bits per heavy atom. The molecule has 0 unspecified atom stereocenters. The molecule has 0 amide bonds. The van der Waals surface area contributed by atoms with Gasteiger partial charge in [-0.05, 0) is 25.5 Å². The van der Waals surface area contributed by atoms with E-state index in [4.69, 9.17) is 5.11 Å². The van der Waals surface area contributed by atoms with Crippen molar-refractivity contribution >= 4 is 33.3 Å². The normalized spacial score (nSPS) is 11.3. The first kappa shape index (κ1) is 16.6. The van der Waals surface area contributed by atoms with Gasteiger partial charge < -0.3 is 9.84 Å². The molecule has 1 aromatic rings. The molecule has 0 bridgehead atoms. The monoisotopic (exact) mass is 321 g/mol. The molecule has 9 heteroatoms. The fourth-order valence-corrected chi connectivity index (χ4v) is 3.84. The first-order chi connectivity index (χ1) is 9.27. The Hall–Kier alpha value is -1.45. The number of aromatic carboxylic acids is 1. The maximum absolute atomic E-state index is 11.9. The van der Waals surface area contributed by atoms with Gasteiger partial charge in [-0.3, -0.25) is 4.79 Å². The Morgan fingerprint density at radius 2 is 2.10 bits per heavy atom. The van der Waals surface area contributed by atoms with E-state index >= 15 is 0 Å². The highest BCUT2D eigenvalue weighted by Gasteiger charge is 2.21. The third kappa shape index (κ3) is 4.29. The molecule has 0 saturated heterocycles. The SMILES string of the molecule is CCOC(=O)CCNS(=O)(=O)c1cc(C)c(C(=O)O)s1. The lowest BCUT2D eigenvalue weighted by molar-refractivity contribution is -0.142. The molecule has 2 N–H and O–H groups in total. The van der Waals surface area contributed by atoms with Crippen molar-refractivity contribution in [3.8, 4) is 0 Å². The second kappa shape index (κ2) is 6.82. The van der Waals surface area contributed by atoms with Gasteiger partial charge in [0.25, 0.3) is 0 Å². The van der Waals surface area contributed by atoms with Crippen LogP contribution in [0.1, 0.15) is 28.6 Å². The smallest absolute Gasteiger partial charge is 0.346 e. The van der Waals surface area contributed by atoms with Gasteiger partial charge in [0.05, 0.1) is 13.0 Å². The van der Waals surface area contributed by atoms with E-state index in [1.807, 2.05) is 0 Å². The summed E-state index contributed by atoms with van der Waals surface area (Å²) < 4.78 is 30.6. The minimum Gasteiger partial charge on any atom is -0.477 e. The average molecular weight is 321 g/mol. The van der Waals surface area contributed by atoms with Crippen LogP contribution in [0.25, 0.3) is 0 Å². The van der Waals surface area contributed by atoms with Crippen LogP contribution in [0, 0.1) is 6.92 Å². The molecule has 0 spiro atoms. The van der Waals surface area contributed by atoms with Gasteiger partial charge in [-0.1, -0.05) is 0 Å². The van der Waals surface area contributed by atoms with Crippen LogP contribution in [-0.4, -0.2) is 38.6 Å². The van der Waals surface area contributed by atoms with Crippen molar-refractivity contribution in [2.75, 3.05) is 13.2 Å². The summed E-state index contributed by atoms with van der Waals surface area (Å²) in [5.41, 5.74) is 0.383. The number of sulfonamides is 1. The van der Waals surface area contributed by atoms with Crippen LogP contribution in [0.4, 0.5) is 0 Å². The minimum atomic E-state index is -3.81. The highest BCUT2D eigenvalue weighted by Crippen LogP contribution is 2.25. The van der Waals surface area contributed by atoms with Crippen molar-refractivity contribution in [1.29, 1.82) is 0 Å². The Bertz CT molecular complexity index is 604. The molecule has 0 aliphatic rings. The molecule has 0 aliphatic heterocycles. The zero-order valence-corrected chi connectivity index (χ0v) is 12.6. The lowest BCUT2D eigenvalue weighted by Gasteiger charge is -2.04. The van der Waals surface area contributed by atoms with Crippen LogP contribution >= 0.6 is 11.3 Å². The van der Waals surface area contributed by atoms with Gasteiger partial charge in [0.1, 0.15) is 9.09 Å². The summed E-state index contributed by atoms with van der Waals surface area (Å²) in [5.74, 6) is -1.66. The summed E-state index contributed by atoms with van der Waals surface area (Å²) in [6.45, 7) is 3.32. The van der Waals surface area contributed by atoms with E-state index in [-0.39, 0.29) is 28.7 Å². The number of hydrogen-bond donors (Lipinski definition) is 2. The van der Waals surface area contributed by atoms with Crippen LogP contribution in [0.3, 0.4) is 0 Å². The zero-order valence-electron chi connectivity index (χ0n) is 11.0. The quantitative estimate of drug-likeness (QED) is 0.725. The lowest BCUT2D eigenvalue weighted by atomic mass is 10.3. The van der Waals surface area contributed by atoms with Crippen molar-refractivity contribution in [1.82, 2.24) is 4.72 Å². The molecule has 1 aromatic heterocycles. The van der Waals surface area contributed by atoms with Crippen LogP contribution in [0.2, 0.25) is 0 Å². The zero-order chi connectivity index (χ0) is 15.3. The molecular weight excluding hydrogens is 306 g/mol. The Balaban J connectivity index is 2.72. The van der Waals surface area contributed by atoms with Crippen molar-refractivity contribution in [3.63, 3.8) is 0 Å². The van der Waals surface area contributed by atoms with E-state index in [2.05, 4.69) is 9.46 Å². The van der Waals surface area contributed by atoms with Crippen LogP contribution in [-0.2, 0) is 19.6 Å². The highest BCUT2D eigenvalue weighted by molar-refractivity contribution is 7.91. The number of thiophene rings is 1. The molecule has 0 fully saturated rings. The van der Waals surface area contributed by atoms with Crippen molar-refractivity contribution in [3.05, 3.63) is 16.5 Å². The van der Waals surface area contributed by atoms with Crippen LogP contribution in [0.15, 0.2) is 10.3 Å². The number of nitrogens with one attached hydrogen (secondary N) is 1. The van der Waals surface area contributed by atoms with Crippen molar-refractivity contribution < 1.29 is 27.9 Å².